The van der Waals surface area contributed by atoms with Gasteiger partial charge >= 0.3 is 0 Å². The van der Waals surface area contributed by atoms with Crippen LogP contribution in [0.3, 0.4) is 0 Å². The van der Waals surface area contributed by atoms with Gasteiger partial charge in [0, 0.05) is 22.6 Å². The van der Waals surface area contributed by atoms with E-state index in [9.17, 15) is 8.42 Å². The molecule has 0 bridgehead atoms. The molecule has 0 radical (unpaired) electrons. The largest absolute Gasteiger partial charge is 0.494 e. The van der Waals surface area contributed by atoms with E-state index in [2.05, 4.69) is 4.72 Å². The van der Waals surface area contributed by atoms with Crippen molar-refractivity contribution in [2.75, 3.05) is 11.8 Å². The summed E-state index contributed by atoms with van der Waals surface area (Å²) in [7, 11) is -2.24. The van der Waals surface area contributed by atoms with Gasteiger partial charge in [-0.1, -0.05) is 48.9 Å². The maximum absolute atomic E-state index is 12.8. The number of ether oxygens (including phenoxy) is 2. The molecule has 150 valence electrons. The monoisotopic (exact) mass is 429 g/mol. The summed E-state index contributed by atoms with van der Waals surface area (Å²) in [5.41, 5.74) is 2.29. The first-order valence-electron chi connectivity index (χ1n) is 9.11. The molecule has 29 heavy (non-hydrogen) atoms. The van der Waals surface area contributed by atoms with Crippen molar-refractivity contribution in [1.29, 1.82) is 0 Å². The summed E-state index contributed by atoms with van der Waals surface area (Å²) >= 11 is 5.99. The van der Waals surface area contributed by atoms with Gasteiger partial charge in [-0.25, -0.2) is 8.42 Å². The lowest BCUT2D eigenvalue weighted by Gasteiger charge is -2.15. The van der Waals surface area contributed by atoms with E-state index in [1.165, 1.54) is 7.11 Å². The summed E-state index contributed by atoms with van der Waals surface area (Å²) in [6.45, 7) is 2.05. The summed E-state index contributed by atoms with van der Waals surface area (Å²) in [5, 5.41) is 0.663. The van der Waals surface area contributed by atoms with Crippen LogP contribution in [0.2, 0.25) is 5.02 Å². The maximum atomic E-state index is 12.8. The SMILES string of the molecule is COc1cc2c(cc1NS(=O)(=O)c1ccccc1)C(C)[C@@H](c1ccc(Cl)cc1)O2. The molecule has 1 heterocycles. The number of hydrogen-bond donors (Lipinski definition) is 1. The number of anilines is 1. The summed E-state index contributed by atoms with van der Waals surface area (Å²) in [5.74, 6) is 1.10. The molecule has 3 aromatic rings. The first-order valence-corrected chi connectivity index (χ1v) is 11.0. The minimum Gasteiger partial charge on any atom is -0.494 e. The molecule has 0 saturated heterocycles. The Bertz CT molecular complexity index is 1130. The number of fused-ring (bicyclic) bond motifs is 1. The Balaban J connectivity index is 1.68. The first kappa shape index (κ1) is 19.6. The quantitative estimate of drug-likeness (QED) is 0.590. The van der Waals surface area contributed by atoms with Crippen molar-refractivity contribution in [1.82, 2.24) is 0 Å². The molecule has 1 aliphatic rings. The van der Waals surface area contributed by atoms with Crippen LogP contribution < -0.4 is 14.2 Å². The second kappa shape index (κ2) is 7.61. The fourth-order valence-corrected chi connectivity index (χ4v) is 4.71. The van der Waals surface area contributed by atoms with Crippen LogP contribution in [0.1, 0.15) is 30.1 Å². The van der Waals surface area contributed by atoms with E-state index >= 15 is 0 Å². The van der Waals surface area contributed by atoms with Gasteiger partial charge in [-0.15, -0.1) is 0 Å². The third kappa shape index (κ3) is 3.78. The topological polar surface area (TPSA) is 64.6 Å². The van der Waals surface area contributed by atoms with Crippen LogP contribution in [-0.4, -0.2) is 15.5 Å². The third-order valence-electron chi connectivity index (χ3n) is 5.03. The van der Waals surface area contributed by atoms with E-state index in [1.54, 1.807) is 42.5 Å². The van der Waals surface area contributed by atoms with Crippen LogP contribution in [-0.2, 0) is 10.0 Å². The van der Waals surface area contributed by atoms with Crippen molar-refractivity contribution in [3.8, 4) is 11.5 Å². The Morgan fingerprint density at radius 2 is 1.72 bits per heavy atom. The molecule has 1 N–H and O–H groups in total. The van der Waals surface area contributed by atoms with Gasteiger partial charge in [0.1, 0.15) is 17.6 Å². The Morgan fingerprint density at radius 3 is 2.38 bits per heavy atom. The van der Waals surface area contributed by atoms with E-state index in [4.69, 9.17) is 21.1 Å². The molecule has 0 aromatic heterocycles. The molecule has 0 spiro atoms. The van der Waals surface area contributed by atoms with Crippen molar-refractivity contribution in [2.24, 2.45) is 0 Å². The number of halogens is 1. The molecule has 7 heteroatoms. The van der Waals surface area contributed by atoms with Crippen molar-refractivity contribution >= 4 is 27.3 Å². The highest BCUT2D eigenvalue weighted by Crippen LogP contribution is 2.49. The van der Waals surface area contributed by atoms with Gasteiger partial charge in [0.15, 0.2) is 0 Å². The van der Waals surface area contributed by atoms with E-state index in [-0.39, 0.29) is 16.9 Å². The predicted octanol–water partition coefficient (Wildman–Crippen LogP) is 5.39. The van der Waals surface area contributed by atoms with Crippen molar-refractivity contribution in [3.05, 3.63) is 82.9 Å². The van der Waals surface area contributed by atoms with Gasteiger partial charge in [-0.2, -0.15) is 0 Å². The third-order valence-corrected chi connectivity index (χ3v) is 6.66. The highest BCUT2D eigenvalue weighted by molar-refractivity contribution is 7.92. The van der Waals surface area contributed by atoms with Crippen LogP contribution in [0.4, 0.5) is 5.69 Å². The lowest BCUT2D eigenvalue weighted by atomic mass is 9.92. The van der Waals surface area contributed by atoms with Crippen LogP contribution in [0.25, 0.3) is 0 Å². The van der Waals surface area contributed by atoms with Gasteiger partial charge in [-0.05, 0) is 35.9 Å². The Hall–Kier alpha value is -2.70. The second-order valence-corrected chi connectivity index (χ2v) is 9.01. The molecular weight excluding hydrogens is 410 g/mol. The van der Waals surface area contributed by atoms with Gasteiger partial charge in [0.05, 0.1) is 17.7 Å². The Kier molecular flexibility index (Phi) is 5.15. The van der Waals surface area contributed by atoms with E-state index < -0.39 is 10.0 Å². The number of rotatable bonds is 5. The smallest absolute Gasteiger partial charge is 0.262 e. The predicted molar refractivity (Wildman–Crippen MR) is 113 cm³/mol. The summed E-state index contributed by atoms with van der Waals surface area (Å²) in [6, 6.07) is 19.3. The molecule has 0 fully saturated rings. The molecule has 3 aromatic carbocycles. The van der Waals surface area contributed by atoms with Gasteiger partial charge in [0.2, 0.25) is 0 Å². The zero-order valence-corrected chi connectivity index (χ0v) is 17.5. The molecule has 0 saturated carbocycles. The number of sulfonamides is 1. The number of benzene rings is 3. The van der Waals surface area contributed by atoms with Crippen LogP contribution in [0, 0.1) is 0 Å². The first-order chi connectivity index (χ1) is 13.9. The van der Waals surface area contributed by atoms with Crippen LogP contribution in [0.15, 0.2) is 71.6 Å². The van der Waals surface area contributed by atoms with Crippen molar-refractivity contribution in [3.63, 3.8) is 0 Å². The average molecular weight is 430 g/mol. The minimum atomic E-state index is -3.74. The second-order valence-electron chi connectivity index (χ2n) is 6.89. The lowest BCUT2D eigenvalue weighted by Crippen LogP contribution is -2.13. The van der Waals surface area contributed by atoms with Crippen LogP contribution in [0.5, 0.6) is 11.5 Å². The average Bonchev–Trinajstić information content (AvgIpc) is 3.04. The Morgan fingerprint density at radius 1 is 1.03 bits per heavy atom. The maximum Gasteiger partial charge on any atom is 0.262 e. The van der Waals surface area contributed by atoms with Gasteiger partial charge in [0.25, 0.3) is 10.0 Å². The van der Waals surface area contributed by atoms with E-state index in [0.717, 1.165) is 11.1 Å². The molecule has 1 unspecified atom stereocenters. The highest BCUT2D eigenvalue weighted by atomic mass is 35.5. The van der Waals surface area contributed by atoms with Gasteiger partial charge < -0.3 is 9.47 Å². The number of nitrogens with one attached hydrogen (secondary N) is 1. The van der Waals surface area contributed by atoms with Crippen molar-refractivity contribution < 1.29 is 17.9 Å². The standard InChI is InChI=1S/C22H20ClNO4S/c1-14-18-12-19(24-29(25,26)17-6-4-3-5-7-17)21(27-2)13-20(18)28-22(14)15-8-10-16(23)11-9-15/h3-14,22,24H,1-2H3/t14?,22-/m0/s1. The molecular formula is C22H20ClNO4S. The normalized spacial score (nSPS) is 18.0. The lowest BCUT2D eigenvalue weighted by molar-refractivity contribution is 0.215. The zero-order chi connectivity index (χ0) is 20.6. The Labute approximate surface area is 175 Å². The fraction of sp³-hybridized carbons (Fsp3) is 0.182. The number of hydrogen-bond acceptors (Lipinski definition) is 4. The molecule has 0 aliphatic carbocycles. The van der Waals surface area contributed by atoms with E-state index in [0.29, 0.717) is 22.2 Å². The minimum absolute atomic E-state index is 0.0251. The molecule has 4 rings (SSSR count). The van der Waals surface area contributed by atoms with Crippen LogP contribution >= 0.6 is 11.6 Å². The molecule has 0 amide bonds. The summed E-state index contributed by atoms with van der Waals surface area (Å²) in [4.78, 5) is 0.186. The zero-order valence-electron chi connectivity index (χ0n) is 15.9. The van der Waals surface area contributed by atoms with Crippen molar-refractivity contribution in [2.45, 2.75) is 23.8 Å². The van der Waals surface area contributed by atoms with E-state index in [1.807, 2.05) is 31.2 Å². The highest BCUT2D eigenvalue weighted by Gasteiger charge is 2.34. The van der Waals surface area contributed by atoms with Gasteiger partial charge in [-0.3, -0.25) is 4.72 Å². The molecule has 1 aliphatic heterocycles. The summed E-state index contributed by atoms with van der Waals surface area (Å²) in [6.07, 6.45) is -0.187. The number of methoxy groups -OCH3 is 1. The summed E-state index contributed by atoms with van der Waals surface area (Å²) < 4.78 is 39.7. The fourth-order valence-electron chi connectivity index (χ4n) is 3.50. The molecule has 2 atom stereocenters. The molecule has 5 nitrogen and oxygen atoms in total.